The Morgan fingerprint density at radius 1 is 1.25 bits per heavy atom. The summed E-state index contributed by atoms with van der Waals surface area (Å²) in [7, 11) is 0. The van der Waals surface area contributed by atoms with Crippen molar-refractivity contribution in [2.45, 2.75) is 39.3 Å². The minimum absolute atomic E-state index is 0.0357. The second kappa shape index (κ2) is 6.56. The predicted molar refractivity (Wildman–Crippen MR) is 74.7 cm³/mol. The maximum atomic E-state index is 13.0. The van der Waals surface area contributed by atoms with Crippen LogP contribution in [0.2, 0.25) is 0 Å². The molecule has 0 fully saturated rings. The van der Waals surface area contributed by atoms with Crippen LogP contribution in [-0.4, -0.2) is 26.8 Å². The van der Waals surface area contributed by atoms with Crippen LogP contribution < -0.4 is 5.32 Å². The summed E-state index contributed by atoms with van der Waals surface area (Å²) in [6.45, 7) is 7.07. The van der Waals surface area contributed by atoms with E-state index >= 15 is 0 Å². The van der Waals surface area contributed by atoms with E-state index in [9.17, 15) is 4.39 Å². The molecule has 0 spiro atoms. The highest BCUT2D eigenvalue weighted by molar-refractivity contribution is 5.20. The molecule has 0 aliphatic carbocycles. The van der Waals surface area contributed by atoms with Crippen LogP contribution in [0.15, 0.2) is 24.3 Å². The van der Waals surface area contributed by atoms with Gasteiger partial charge in [-0.1, -0.05) is 19.1 Å². The zero-order chi connectivity index (χ0) is 14.5. The van der Waals surface area contributed by atoms with Crippen molar-refractivity contribution in [3.63, 3.8) is 0 Å². The molecule has 0 aliphatic rings. The van der Waals surface area contributed by atoms with Crippen molar-refractivity contribution in [1.82, 2.24) is 25.5 Å². The van der Waals surface area contributed by atoms with Crippen LogP contribution in [0, 0.1) is 5.82 Å². The number of hydrogen-bond donors (Lipinski definition) is 1. The highest BCUT2D eigenvalue weighted by atomic mass is 19.1. The number of nitrogens with one attached hydrogen (secondary N) is 1. The van der Waals surface area contributed by atoms with E-state index in [0.717, 1.165) is 24.4 Å². The Hall–Kier alpha value is -1.82. The summed E-state index contributed by atoms with van der Waals surface area (Å²) >= 11 is 0. The Labute approximate surface area is 118 Å². The predicted octanol–water partition coefficient (Wildman–Crippen LogP) is 2.48. The SMILES string of the molecule is CCCNC(C)c1nnnn1C(C)c1ccc(F)cc1. The van der Waals surface area contributed by atoms with Gasteiger partial charge in [-0.15, -0.1) is 5.10 Å². The standard InChI is InChI=1S/C14H20FN5/c1-4-9-16-10(2)14-17-18-19-20(14)11(3)12-5-7-13(15)8-6-12/h5-8,10-11,16H,4,9H2,1-3H3. The normalized spacial score (nSPS) is 14.2. The monoisotopic (exact) mass is 277 g/mol. The van der Waals surface area contributed by atoms with Crippen molar-refractivity contribution in [2.24, 2.45) is 0 Å². The molecule has 2 atom stereocenters. The molecule has 0 radical (unpaired) electrons. The Kier molecular flexibility index (Phi) is 4.79. The minimum atomic E-state index is -0.240. The highest BCUT2D eigenvalue weighted by Gasteiger charge is 2.19. The lowest BCUT2D eigenvalue weighted by atomic mass is 10.1. The first kappa shape index (κ1) is 14.6. The van der Waals surface area contributed by atoms with Gasteiger partial charge in [0.15, 0.2) is 5.82 Å². The van der Waals surface area contributed by atoms with E-state index in [2.05, 4.69) is 27.8 Å². The van der Waals surface area contributed by atoms with E-state index in [1.165, 1.54) is 12.1 Å². The molecular weight excluding hydrogens is 257 g/mol. The first-order valence-electron chi connectivity index (χ1n) is 6.90. The molecule has 1 heterocycles. The van der Waals surface area contributed by atoms with Crippen molar-refractivity contribution in [1.29, 1.82) is 0 Å². The van der Waals surface area contributed by atoms with Crippen LogP contribution in [0.25, 0.3) is 0 Å². The molecule has 5 nitrogen and oxygen atoms in total. The third-order valence-electron chi connectivity index (χ3n) is 3.33. The average molecular weight is 277 g/mol. The molecule has 108 valence electrons. The number of aromatic nitrogens is 4. The van der Waals surface area contributed by atoms with Crippen LogP contribution in [0.1, 0.15) is 50.7 Å². The summed E-state index contributed by atoms with van der Waals surface area (Å²) in [5, 5.41) is 15.3. The molecule has 0 amide bonds. The average Bonchev–Trinajstić information content (AvgIpc) is 2.94. The van der Waals surface area contributed by atoms with E-state index in [4.69, 9.17) is 0 Å². The topological polar surface area (TPSA) is 55.6 Å². The smallest absolute Gasteiger partial charge is 0.168 e. The van der Waals surface area contributed by atoms with Crippen molar-refractivity contribution >= 4 is 0 Å². The molecule has 0 bridgehead atoms. The number of hydrogen-bond acceptors (Lipinski definition) is 4. The number of rotatable bonds is 6. The molecule has 20 heavy (non-hydrogen) atoms. The molecule has 1 N–H and O–H groups in total. The summed E-state index contributed by atoms with van der Waals surface area (Å²) in [4.78, 5) is 0. The van der Waals surface area contributed by atoms with Crippen LogP contribution in [0.4, 0.5) is 4.39 Å². The fourth-order valence-corrected chi connectivity index (χ4v) is 2.10. The molecule has 0 saturated carbocycles. The fraction of sp³-hybridized carbons (Fsp3) is 0.500. The van der Waals surface area contributed by atoms with E-state index < -0.39 is 0 Å². The van der Waals surface area contributed by atoms with Crippen molar-refractivity contribution in [3.05, 3.63) is 41.5 Å². The Balaban J connectivity index is 2.20. The second-order valence-corrected chi connectivity index (χ2v) is 4.88. The largest absolute Gasteiger partial charge is 0.307 e. The Morgan fingerprint density at radius 3 is 2.60 bits per heavy atom. The molecular formula is C14H20FN5. The summed E-state index contributed by atoms with van der Waals surface area (Å²) in [5.41, 5.74) is 0.975. The second-order valence-electron chi connectivity index (χ2n) is 4.88. The van der Waals surface area contributed by atoms with Gasteiger partial charge in [-0.3, -0.25) is 0 Å². The number of halogens is 1. The quantitative estimate of drug-likeness (QED) is 0.881. The lowest BCUT2D eigenvalue weighted by Crippen LogP contribution is -2.24. The minimum Gasteiger partial charge on any atom is -0.307 e. The summed E-state index contributed by atoms with van der Waals surface area (Å²) in [6, 6.07) is 6.47. The van der Waals surface area contributed by atoms with Gasteiger partial charge < -0.3 is 5.32 Å². The first-order valence-corrected chi connectivity index (χ1v) is 6.90. The van der Waals surface area contributed by atoms with Gasteiger partial charge in [0.05, 0.1) is 12.1 Å². The summed E-state index contributed by atoms with van der Waals surface area (Å²) in [5.74, 6) is 0.547. The zero-order valence-corrected chi connectivity index (χ0v) is 12.0. The molecule has 6 heteroatoms. The first-order chi connectivity index (χ1) is 9.63. The lowest BCUT2D eigenvalue weighted by molar-refractivity contribution is 0.464. The van der Waals surface area contributed by atoms with Gasteiger partial charge in [0.2, 0.25) is 0 Å². The Bertz CT molecular complexity index is 537. The van der Waals surface area contributed by atoms with Gasteiger partial charge in [0.1, 0.15) is 5.82 Å². The zero-order valence-electron chi connectivity index (χ0n) is 12.0. The van der Waals surface area contributed by atoms with Crippen LogP contribution in [0.3, 0.4) is 0 Å². The van der Waals surface area contributed by atoms with Gasteiger partial charge in [-0.25, -0.2) is 9.07 Å². The number of tetrazole rings is 1. The Morgan fingerprint density at radius 2 is 1.95 bits per heavy atom. The maximum absolute atomic E-state index is 13.0. The van der Waals surface area contributed by atoms with Gasteiger partial charge in [0.25, 0.3) is 0 Å². The number of nitrogens with zero attached hydrogens (tertiary/aromatic N) is 4. The van der Waals surface area contributed by atoms with Crippen molar-refractivity contribution in [3.8, 4) is 0 Å². The fourth-order valence-electron chi connectivity index (χ4n) is 2.10. The molecule has 1 aromatic heterocycles. The number of benzene rings is 1. The van der Waals surface area contributed by atoms with Crippen molar-refractivity contribution in [2.75, 3.05) is 6.54 Å². The van der Waals surface area contributed by atoms with Crippen molar-refractivity contribution < 1.29 is 4.39 Å². The molecule has 0 aliphatic heterocycles. The maximum Gasteiger partial charge on any atom is 0.168 e. The summed E-state index contributed by atoms with van der Waals surface area (Å²) < 4.78 is 14.8. The highest BCUT2D eigenvalue weighted by Crippen LogP contribution is 2.20. The molecule has 2 rings (SSSR count). The van der Waals surface area contributed by atoms with Crippen LogP contribution >= 0.6 is 0 Å². The van der Waals surface area contributed by atoms with Gasteiger partial charge in [-0.05, 0) is 54.9 Å². The third kappa shape index (κ3) is 3.19. The summed E-state index contributed by atoms with van der Waals surface area (Å²) in [6.07, 6.45) is 1.05. The van der Waals surface area contributed by atoms with Gasteiger partial charge >= 0.3 is 0 Å². The van der Waals surface area contributed by atoms with Gasteiger partial charge in [-0.2, -0.15) is 0 Å². The lowest BCUT2D eigenvalue weighted by Gasteiger charge is -2.17. The molecule has 2 aromatic rings. The van der Waals surface area contributed by atoms with Gasteiger partial charge in [0, 0.05) is 0 Å². The van der Waals surface area contributed by atoms with E-state index in [0.29, 0.717) is 0 Å². The van der Waals surface area contributed by atoms with E-state index in [-0.39, 0.29) is 17.9 Å². The molecule has 2 unspecified atom stereocenters. The van der Waals surface area contributed by atoms with E-state index in [1.54, 1.807) is 16.8 Å². The molecule has 1 aromatic carbocycles. The molecule has 0 saturated heterocycles. The van der Waals surface area contributed by atoms with E-state index in [1.807, 2.05) is 13.8 Å². The third-order valence-corrected chi connectivity index (χ3v) is 3.33. The van der Waals surface area contributed by atoms with Crippen LogP contribution in [0.5, 0.6) is 0 Å². The van der Waals surface area contributed by atoms with Crippen LogP contribution in [-0.2, 0) is 0 Å².